The summed E-state index contributed by atoms with van der Waals surface area (Å²) in [5.41, 5.74) is 0.236. The van der Waals surface area contributed by atoms with Gasteiger partial charge in [0.05, 0.1) is 29.4 Å². The highest BCUT2D eigenvalue weighted by Crippen LogP contribution is 2.25. The van der Waals surface area contributed by atoms with Crippen molar-refractivity contribution >= 4 is 29.4 Å². The molecule has 2 fully saturated rings. The van der Waals surface area contributed by atoms with E-state index in [1.54, 1.807) is 9.80 Å². The third-order valence-corrected chi connectivity index (χ3v) is 4.37. The highest BCUT2D eigenvalue weighted by molar-refractivity contribution is 6.34. The summed E-state index contributed by atoms with van der Waals surface area (Å²) >= 11 is 6.07. The zero-order valence-corrected chi connectivity index (χ0v) is 13.0. The van der Waals surface area contributed by atoms with Crippen molar-refractivity contribution < 1.29 is 24.2 Å². The SMILES string of the molecule is O=C(O)c1ccc(C(=O)N2CCC(=O)N3CCOCC32)c(Cl)c1. The van der Waals surface area contributed by atoms with E-state index in [0.717, 1.165) is 0 Å². The largest absolute Gasteiger partial charge is 0.478 e. The lowest BCUT2D eigenvalue weighted by molar-refractivity contribution is -0.154. The number of carboxylic acid groups (broad SMARTS) is 1. The lowest BCUT2D eigenvalue weighted by Crippen LogP contribution is -2.62. The van der Waals surface area contributed by atoms with Crippen molar-refractivity contribution in [3.63, 3.8) is 0 Å². The summed E-state index contributed by atoms with van der Waals surface area (Å²) in [5, 5.41) is 9.04. The van der Waals surface area contributed by atoms with Gasteiger partial charge in [0.15, 0.2) is 0 Å². The molecule has 2 aliphatic heterocycles. The molecule has 0 radical (unpaired) electrons. The van der Waals surface area contributed by atoms with Gasteiger partial charge in [-0.15, -0.1) is 0 Å². The van der Waals surface area contributed by atoms with Gasteiger partial charge in [-0.1, -0.05) is 11.6 Å². The van der Waals surface area contributed by atoms with Crippen molar-refractivity contribution in [1.82, 2.24) is 9.80 Å². The molecule has 0 aromatic heterocycles. The molecule has 1 aromatic rings. The molecule has 7 nitrogen and oxygen atoms in total. The molecular weight excluding hydrogens is 324 g/mol. The number of fused-ring (bicyclic) bond motifs is 1. The quantitative estimate of drug-likeness (QED) is 0.871. The van der Waals surface area contributed by atoms with Gasteiger partial charge in [-0.25, -0.2) is 4.79 Å². The van der Waals surface area contributed by atoms with Crippen LogP contribution in [0.15, 0.2) is 18.2 Å². The van der Waals surface area contributed by atoms with Crippen LogP contribution in [0.5, 0.6) is 0 Å². The Balaban J connectivity index is 1.87. The minimum atomic E-state index is -1.11. The summed E-state index contributed by atoms with van der Waals surface area (Å²) in [6.45, 7) is 1.47. The fourth-order valence-corrected chi connectivity index (χ4v) is 3.12. The summed E-state index contributed by atoms with van der Waals surface area (Å²) in [5.74, 6) is -1.43. The molecule has 0 saturated carbocycles. The number of benzene rings is 1. The Hall–Kier alpha value is -2.12. The van der Waals surface area contributed by atoms with Crippen molar-refractivity contribution in [2.24, 2.45) is 0 Å². The second-order valence-corrected chi connectivity index (χ2v) is 5.80. The van der Waals surface area contributed by atoms with Crippen molar-refractivity contribution in [2.45, 2.75) is 12.6 Å². The summed E-state index contributed by atoms with van der Waals surface area (Å²) in [4.78, 5) is 38.9. The first kappa shape index (κ1) is 15.8. The number of halogens is 1. The fraction of sp³-hybridized carbons (Fsp3) is 0.400. The van der Waals surface area contributed by atoms with Crippen molar-refractivity contribution in [2.75, 3.05) is 26.3 Å². The van der Waals surface area contributed by atoms with Crippen molar-refractivity contribution in [3.05, 3.63) is 34.3 Å². The van der Waals surface area contributed by atoms with E-state index in [9.17, 15) is 14.4 Å². The van der Waals surface area contributed by atoms with Crippen LogP contribution in [0.4, 0.5) is 0 Å². The van der Waals surface area contributed by atoms with Crippen molar-refractivity contribution in [3.8, 4) is 0 Å². The van der Waals surface area contributed by atoms with Gasteiger partial charge >= 0.3 is 5.97 Å². The Bertz CT molecular complexity index is 678. The maximum absolute atomic E-state index is 12.8. The molecule has 0 bridgehead atoms. The minimum absolute atomic E-state index is 0.00896. The summed E-state index contributed by atoms with van der Waals surface area (Å²) in [6.07, 6.45) is -0.180. The van der Waals surface area contributed by atoms with E-state index >= 15 is 0 Å². The number of amides is 2. The number of aromatic carboxylic acids is 1. The number of carboxylic acids is 1. The molecule has 8 heteroatoms. The molecule has 2 aliphatic rings. The number of hydrogen-bond donors (Lipinski definition) is 1. The summed E-state index contributed by atoms with van der Waals surface area (Å²) in [7, 11) is 0. The first-order chi connectivity index (χ1) is 11.0. The number of rotatable bonds is 2. The standard InChI is InChI=1S/C15H15ClN2O5/c16-11-7-9(15(21)22)1-2-10(11)14(20)18-4-3-13(19)17-5-6-23-8-12(17)18/h1-2,7,12H,3-6,8H2,(H,21,22). The van der Waals surface area contributed by atoms with Gasteiger partial charge in [0.1, 0.15) is 6.17 Å². The Labute approximate surface area is 137 Å². The first-order valence-corrected chi connectivity index (χ1v) is 7.58. The van der Waals surface area contributed by atoms with E-state index in [2.05, 4.69) is 0 Å². The molecule has 1 N–H and O–H groups in total. The fourth-order valence-electron chi connectivity index (χ4n) is 2.86. The third kappa shape index (κ3) is 2.89. The molecule has 122 valence electrons. The van der Waals surface area contributed by atoms with Crippen LogP contribution >= 0.6 is 11.6 Å². The molecule has 1 aromatic carbocycles. The van der Waals surface area contributed by atoms with Gasteiger partial charge in [0.2, 0.25) is 5.91 Å². The molecule has 23 heavy (non-hydrogen) atoms. The predicted octanol–water partition coefficient (Wildman–Crippen LogP) is 1.07. The molecule has 2 heterocycles. The van der Waals surface area contributed by atoms with Gasteiger partial charge in [0.25, 0.3) is 5.91 Å². The molecule has 1 atom stereocenters. The second-order valence-electron chi connectivity index (χ2n) is 5.39. The number of carbonyl (C=O) groups excluding carboxylic acids is 2. The van der Waals surface area contributed by atoms with E-state index in [0.29, 0.717) is 19.7 Å². The summed E-state index contributed by atoms with van der Waals surface area (Å²) < 4.78 is 5.39. The Morgan fingerprint density at radius 2 is 2.09 bits per heavy atom. The highest BCUT2D eigenvalue weighted by atomic mass is 35.5. The maximum atomic E-state index is 12.8. The van der Waals surface area contributed by atoms with E-state index in [4.69, 9.17) is 21.4 Å². The monoisotopic (exact) mass is 338 g/mol. The molecule has 1 unspecified atom stereocenters. The minimum Gasteiger partial charge on any atom is -0.478 e. The topological polar surface area (TPSA) is 87.2 Å². The molecule has 2 amide bonds. The van der Waals surface area contributed by atoms with Crippen LogP contribution in [0, 0.1) is 0 Å². The average molecular weight is 339 g/mol. The van der Waals surface area contributed by atoms with E-state index in [1.165, 1.54) is 18.2 Å². The van der Waals surface area contributed by atoms with Crippen LogP contribution in [0.3, 0.4) is 0 Å². The number of hydrogen-bond acceptors (Lipinski definition) is 4. The van der Waals surface area contributed by atoms with Crippen LogP contribution in [0.2, 0.25) is 5.02 Å². The van der Waals surface area contributed by atoms with Crippen LogP contribution in [0.1, 0.15) is 27.1 Å². The van der Waals surface area contributed by atoms with Gasteiger partial charge in [-0.05, 0) is 18.2 Å². The van der Waals surface area contributed by atoms with Crippen LogP contribution < -0.4 is 0 Å². The lowest BCUT2D eigenvalue weighted by Gasteiger charge is -2.45. The molecular formula is C15H15ClN2O5. The van der Waals surface area contributed by atoms with Gasteiger partial charge < -0.3 is 19.6 Å². The van der Waals surface area contributed by atoms with Gasteiger partial charge in [0, 0.05) is 19.5 Å². The van der Waals surface area contributed by atoms with Crippen LogP contribution in [-0.4, -0.2) is 65.2 Å². The molecule has 0 aliphatic carbocycles. The smallest absolute Gasteiger partial charge is 0.335 e. The number of carbonyl (C=O) groups is 3. The zero-order chi connectivity index (χ0) is 16.6. The summed E-state index contributed by atoms with van der Waals surface area (Å²) in [6, 6.07) is 3.99. The number of ether oxygens (including phenoxy) is 1. The molecule has 0 spiro atoms. The third-order valence-electron chi connectivity index (χ3n) is 4.06. The second kappa shape index (κ2) is 6.17. The maximum Gasteiger partial charge on any atom is 0.335 e. The highest BCUT2D eigenvalue weighted by Gasteiger charge is 2.39. The Morgan fingerprint density at radius 3 is 2.78 bits per heavy atom. The van der Waals surface area contributed by atoms with E-state index < -0.39 is 12.1 Å². The Morgan fingerprint density at radius 1 is 1.30 bits per heavy atom. The Kier molecular flexibility index (Phi) is 4.23. The van der Waals surface area contributed by atoms with E-state index in [1.807, 2.05) is 0 Å². The predicted molar refractivity (Wildman–Crippen MR) is 80.4 cm³/mol. The lowest BCUT2D eigenvalue weighted by atomic mass is 10.1. The van der Waals surface area contributed by atoms with E-state index in [-0.39, 0.29) is 41.0 Å². The average Bonchev–Trinajstić information content (AvgIpc) is 2.54. The van der Waals surface area contributed by atoms with Gasteiger partial charge in [-0.3, -0.25) is 9.59 Å². The number of morpholine rings is 1. The van der Waals surface area contributed by atoms with Crippen LogP contribution in [0.25, 0.3) is 0 Å². The first-order valence-electron chi connectivity index (χ1n) is 7.20. The van der Waals surface area contributed by atoms with Gasteiger partial charge in [-0.2, -0.15) is 0 Å². The zero-order valence-electron chi connectivity index (χ0n) is 12.2. The van der Waals surface area contributed by atoms with Crippen molar-refractivity contribution in [1.29, 1.82) is 0 Å². The molecule has 3 rings (SSSR count). The normalized spacial score (nSPS) is 21.1. The number of nitrogens with zero attached hydrogens (tertiary/aromatic N) is 2. The van der Waals surface area contributed by atoms with Crippen LogP contribution in [-0.2, 0) is 9.53 Å². The molecule has 2 saturated heterocycles.